The molecule has 0 aliphatic rings. The van der Waals surface area contributed by atoms with E-state index >= 15 is 0 Å². The lowest BCUT2D eigenvalue weighted by atomic mass is 10.00. The van der Waals surface area contributed by atoms with Gasteiger partial charge in [0.05, 0.1) is 0 Å². The first-order valence-corrected chi connectivity index (χ1v) is 11.6. The highest BCUT2D eigenvalue weighted by molar-refractivity contribution is 6.30. The first kappa shape index (κ1) is 24.9. The molecule has 2 amide bonds. The Morgan fingerprint density at radius 1 is 0.968 bits per heavy atom. The van der Waals surface area contributed by atoms with Gasteiger partial charge in [0, 0.05) is 24.5 Å². The molecule has 2 rings (SSSR count). The van der Waals surface area contributed by atoms with Crippen LogP contribution in [0.25, 0.3) is 0 Å². The normalized spacial score (nSPS) is 11.9. The van der Waals surface area contributed by atoms with Gasteiger partial charge in [-0.2, -0.15) is 0 Å². The summed E-state index contributed by atoms with van der Waals surface area (Å²) >= 11 is 6.00. The molecule has 31 heavy (non-hydrogen) atoms. The van der Waals surface area contributed by atoms with Gasteiger partial charge in [-0.1, -0.05) is 75.2 Å². The molecule has 4 nitrogen and oxygen atoms in total. The van der Waals surface area contributed by atoms with Crippen LogP contribution in [0.3, 0.4) is 0 Å². The molecule has 0 heterocycles. The zero-order valence-electron chi connectivity index (χ0n) is 19.2. The zero-order valence-corrected chi connectivity index (χ0v) is 19.9. The first-order valence-electron chi connectivity index (χ1n) is 11.2. The number of nitrogens with zero attached hydrogens (tertiary/aromatic N) is 1. The topological polar surface area (TPSA) is 49.4 Å². The second kappa shape index (κ2) is 12.5. The van der Waals surface area contributed by atoms with Crippen molar-refractivity contribution in [3.8, 4) is 0 Å². The van der Waals surface area contributed by atoms with Gasteiger partial charge in [-0.25, -0.2) is 0 Å². The summed E-state index contributed by atoms with van der Waals surface area (Å²) in [6.07, 6.45) is 2.95. The van der Waals surface area contributed by atoms with Crippen LogP contribution in [0.15, 0.2) is 48.5 Å². The molecule has 0 radical (unpaired) electrons. The quantitative estimate of drug-likeness (QED) is 0.452. The third kappa shape index (κ3) is 8.02. The standard InChI is InChI=1S/C26H35ClN2O2/c1-5-6-17-28-26(31)20(4)29(18-22-9-14-24(27)15-10-22)25(30)16-11-21-7-12-23(13-8-21)19(2)3/h7-10,12-15,19-20H,5-6,11,16-18H2,1-4H3,(H,28,31)/t20-/m0/s1. The predicted molar refractivity (Wildman–Crippen MR) is 128 cm³/mol. The molecule has 0 aromatic heterocycles. The van der Waals surface area contributed by atoms with E-state index < -0.39 is 6.04 Å². The van der Waals surface area contributed by atoms with E-state index in [1.807, 2.05) is 24.3 Å². The summed E-state index contributed by atoms with van der Waals surface area (Å²) in [5.74, 6) is 0.343. The average molecular weight is 443 g/mol. The van der Waals surface area contributed by atoms with Crippen LogP contribution in [0.4, 0.5) is 0 Å². The molecule has 0 fully saturated rings. The van der Waals surface area contributed by atoms with Crippen LogP contribution in [0.5, 0.6) is 0 Å². The molecule has 2 aromatic rings. The Hall–Kier alpha value is -2.33. The lowest BCUT2D eigenvalue weighted by molar-refractivity contribution is -0.140. The van der Waals surface area contributed by atoms with Gasteiger partial charge in [0.15, 0.2) is 0 Å². The summed E-state index contributed by atoms with van der Waals surface area (Å²) in [6, 6.07) is 15.3. The van der Waals surface area contributed by atoms with Crippen molar-refractivity contribution in [2.75, 3.05) is 6.54 Å². The molecule has 2 aromatic carbocycles. The van der Waals surface area contributed by atoms with Crippen molar-refractivity contribution in [1.29, 1.82) is 0 Å². The van der Waals surface area contributed by atoms with Gasteiger partial charge < -0.3 is 10.2 Å². The molecule has 0 bridgehead atoms. The van der Waals surface area contributed by atoms with E-state index in [-0.39, 0.29) is 11.8 Å². The number of hydrogen-bond donors (Lipinski definition) is 1. The molecular formula is C26H35ClN2O2. The second-order valence-electron chi connectivity index (χ2n) is 8.36. The van der Waals surface area contributed by atoms with Gasteiger partial charge in [0.1, 0.15) is 6.04 Å². The van der Waals surface area contributed by atoms with E-state index in [1.54, 1.807) is 11.8 Å². The Balaban J connectivity index is 2.08. The van der Waals surface area contributed by atoms with Gasteiger partial charge in [-0.15, -0.1) is 0 Å². The van der Waals surface area contributed by atoms with E-state index in [0.29, 0.717) is 36.9 Å². The van der Waals surface area contributed by atoms with Gasteiger partial charge in [-0.3, -0.25) is 9.59 Å². The van der Waals surface area contributed by atoms with E-state index in [9.17, 15) is 9.59 Å². The highest BCUT2D eigenvalue weighted by Crippen LogP contribution is 2.18. The van der Waals surface area contributed by atoms with Crippen molar-refractivity contribution < 1.29 is 9.59 Å². The Morgan fingerprint density at radius 2 is 1.58 bits per heavy atom. The molecule has 0 saturated carbocycles. The number of carbonyl (C=O) groups excluding carboxylic acids is 2. The van der Waals surface area contributed by atoms with Gasteiger partial charge in [0.25, 0.3) is 0 Å². The van der Waals surface area contributed by atoms with Gasteiger partial charge in [0.2, 0.25) is 11.8 Å². The number of unbranched alkanes of at least 4 members (excludes halogenated alkanes) is 1. The molecule has 5 heteroatoms. The summed E-state index contributed by atoms with van der Waals surface area (Å²) in [7, 11) is 0. The van der Waals surface area contributed by atoms with Crippen LogP contribution in [0.2, 0.25) is 5.02 Å². The maximum atomic E-state index is 13.2. The minimum absolute atomic E-state index is 0.0268. The smallest absolute Gasteiger partial charge is 0.242 e. The number of halogens is 1. The minimum Gasteiger partial charge on any atom is -0.354 e. The fraction of sp³-hybridized carbons (Fsp3) is 0.462. The van der Waals surface area contributed by atoms with Gasteiger partial charge in [-0.05, 0) is 54.5 Å². The molecule has 1 N–H and O–H groups in total. The number of benzene rings is 2. The maximum absolute atomic E-state index is 13.2. The van der Waals surface area contributed by atoms with Crippen molar-refractivity contribution in [2.24, 2.45) is 0 Å². The number of rotatable bonds is 11. The highest BCUT2D eigenvalue weighted by Gasteiger charge is 2.25. The van der Waals surface area contributed by atoms with E-state index in [1.165, 1.54) is 5.56 Å². The highest BCUT2D eigenvalue weighted by atomic mass is 35.5. The molecule has 168 valence electrons. The summed E-state index contributed by atoms with van der Waals surface area (Å²) in [4.78, 5) is 27.5. The Labute approximate surface area is 192 Å². The number of aryl methyl sites for hydroxylation is 1. The lowest BCUT2D eigenvalue weighted by Crippen LogP contribution is -2.47. The third-order valence-electron chi connectivity index (χ3n) is 5.54. The summed E-state index contributed by atoms with van der Waals surface area (Å²) in [5.41, 5.74) is 3.37. The summed E-state index contributed by atoms with van der Waals surface area (Å²) < 4.78 is 0. The van der Waals surface area contributed by atoms with Crippen LogP contribution < -0.4 is 5.32 Å². The van der Waals surface area contributed by atoms with Crippen LogP contribution >= 0.6 is 11.6 Å². The Kier molecular flexibility index (Phi) is 10.1. The largest absolute Gasteiger partial charge is 0.354 e. The molecule has 1 atom stereocenters. The maximum Gasteiger partial charge on any atom is 0.242 e. The van der Waals surface area contributed by atoms with Crippen molar-refractivity contribution in [1.82, 2.24) is 10.2 Å². The minimum atomic E-state index is -0.539. The van der Waals surface area contributed by atoms with Crippen molar-refractivity contribution in [3.63, 3.8) is 0 Å². The van der Waals surface area contributed by atoms with E-state index in [2.05, 4.69) is 50.4 Å². The molecular weight excluding hydrogens is 408 g/mol. The fourth-order valence-electron chi connectivity index (χ4n) is 3.37. The second-order valence-corrected chi connectivity index (χ2v) is 8.80. The summed E-state index contributed by atoms with van der Waals surface area (Å²) in [6.45, 7) is 9.22. The van der Waals surface area contributed by atoms with Crippen LogP contribution in [0, 0.1) is 0 Å². The first-order chi connectivity index (χ1) is 14.8. The monoisotopic (exact) mass is 442 g/mol. The van der Waals surface area contributed by atoms with Crippen LogP contribution in [0.1, 0.15) is 69.6 Å². The lowest BCUT2D eigenvalue weighted by Gasteiger charge is -2.29. The molecule has 0 aliphatic heterocycles. The van der Waals surface area contributed by atoms with Crippen molar-refractivity contribution in [3.05, 3.63) is 70.2 Å². The zero-order chi connectivity index (χ0) is 22.8. The number of hydrogen-bond acceptors (Lipinski definition) is 2. The van der Waals surface area contributed by atoms with E-state index in [0.717, 1.165) is 24.0 Å². The Morgan fingerprint density at radius 3 is 2.16 bits per heavy atom. The Bertz CT molecular complexity index is 831. The van der Waals surface area contributed by atoms with Gasteiger partial charge >= 0.3 is 0 Å². The summed E-state index contributed by atoms with van der Waals surface area (Å²) in [5, 5.41) is 3.60. The number of amides is 2. The number of carbonyl (C=O) groups is 2. The van der Waals surface area contributed by atoms with Crippen LogP contribution in [-0.4, -0.2) is 29.3 Å². The SMILES string of the molecule is CCCCNC(=O)[C@H](C)N(Cc1ccc(Cl)cc1)C(=O)CCc1ccc(C(C)C)cc1. The predicted octanol–water partition coefficient (Wildman–Crippen LogP) is 5.73. The molecule has 0 unspecified atom stereocenters. The van der Waals surface area contributed by atoms with Crippen molar-refractivity contribution in [2.45, 2.75) is 71.9 Å². The van der Waals surface area contributed by atoms with Crippen molar-refractivity contribution >= 4 is 23.4 Å². The van der Waals surface area contributed by atoms with Crippen LogP contribution in [-0.2, 0) is 22.6 Å². The molecule has 0 aliphatic carbocycles. The van der Waals surface area contributed by atoms with E-state index in [4.69, 9.17) is 11.6 Å². The average Bonchev–Trinajstić information content (AvgIpc) is 2.77. The molecule has 0 saturated heterocycles. The number of nitrogens with one attached hydrogen (secondary N) is 1. The third-order valence-corrected chi connectivity index (χ3v) is 5.79. The molecule has 0 spiro atoms. The fourth-order valence-corrected chi connectivity index (χ4v) is 3.50.